The van der Waals surface area contributed by atoms with Gasteiger partial charge in [0.25, 0.3) is 0 Å². The topological polar surface area (TPSA) is 23.8 Å². The van der Waals surface area contributed by atoms with Gasteiger partial charge in [-0.25, -0.2) is 0 Å². The van der Waals surface area contributed by atoms with Crippen molar-refractivity contribution in [2.75, 3.05) is 0 Å². The lowest BCUT2D eigenvalue weighted by molar-refractivity contribution is 1.28. The Kier molecular flexibility index (Phi) is 5.30. The van der Waals surface area contributed by atoms with Crippen molar-refractivity contribution in [3.05, 3.63) is 83.4 Å². The summed E-state index contributed by atoms with van der Waals surface area (Å²) < 4.78 is 0. The van der Waals surface area contributed by atoms with Crippen LogP contribution in [0.4, 0.5) is 0 Å². The molecule has 0 saturated heterocycles. The molecule has 3 aromatic rings. The molecule has 1 nitrogen and oxygen atoms in total. The first-order chi connectivity index (χ1) is 11.6. The Morgan fingerprint density at radius 1 is 0.667 bits per heavy atom. The lowest BCUT2D eigenvalue weighted by Crippen LogP contribution is -1.84. The largest absolute Gasteiger partial charge is 0.192 e. The van der Waals surface area contributed by atoms with Gasteiger partial charge in [-0.3, -0.25) is 0 Å². The standard InChI is InChI=1S/C21H17NS2/c1-15-3-7-18(8-4-15)23-20-11-12-21(17(13-20)14-22)24-19-9-5-16(2)6-10-19/h3-13H,1-2H3. The Balaban J connectivity index is 1.81. The van der Waals surface area contributed by atoms with Gasteiger partial charge in [-0.15, -0.1) is 0 Å². The highest BCUT2D eigenvalue weighted by Crippen LogP contribution is 2.35. The molecule has 0 bridgehead atoms. The third kappa shape index (κ3) is 4.23. The predicted octanol–water partition coefficient (Wildman–Crippen LogP) is 6.48. The Hall–Kier alpha value is -2.15. The molecular formula is C21H17NS2. The fourth-order valence-corrected chi connectivity index (χ4v) is 3.96. The van der Waals surface area contributed by atoms with Gasteiger partial charge in [0.2, 0.25) is 0 Å². The molecule has 0 unspecified atom stereocenters. The molecule has 118 valence electrons. The normalized spacial score (nSPS) is 10.4. The highest BCUT2D eigenvalue weighted by Gasteiger charge is 2.07. The molecule has 0 N–H and O–H groups in total. The van der Waals surface area contributed by atoms with Crippen molar-refractivity contribution in [1.29, 1.82) is 5.26 Å². The lowest BCUT2D eigenvalue weighted by atomic mass is 10.2. The Morgan fingerprint density at radius 2 is 1.17 bits per heavy atom. The minimum atomic E-state index is 0.720. The highest BCUT2D eigenvalue weighted by atomic mass is 32.2. The van der Waals surface area contributed by atoms with Crippen molar-refractivity contribution in [3.63, 3.8) is 0 Å². The number of aryl methyl sites for hydroxylation is 2. The van der Waals surface area contributed by atoms with Gasteiger partial charge < -0.3 is 0 Å². The van der Waals surface area contributed by atoms with Crippen LogP contribution in [0.5, 0.6) is 0 Å². The third-order valence-corrected chi connectivity index (χ3v) is 5.66. The monoisotopic (exact) mass is 347 g/mol. The maximum Gasteiger partial charge on any atom is 0.100 e. The third-order valence-electron chi connectivity index (χ3n) is 3.58. The van der Waals surface area contributed by atoms with Gasteiger partial charge in [0.1, 0.15) is 6.07 Å². The first kappa shape index (κ1) is 16.7. The van der Waals surface area contributed by atoms with Crippen LogP contribution >= 0.6 is 23.5 Å². The molecule has 0 aliphatic rings. The van der Waals surface area contributed by atoms with Gasteiger partial charge in [-0.05, 0) is 56.3 Å². The van der Waals surface area contributed by atoms with E-state index in [0.29, 0.717) is 0 Å². The van der Waals surface area contributed by atoms with Crippen LogP contribution in [0.3, 0.4) is 0 Å². The fourth-order valence-electron chi connectivity index (χ4n) is 2.22. The molecule has 0 radical (unpaired) electrons. The summed E-state index contributed by atoms with van der Waals surface area (Å²) in [5.74, 6) is 0. The second-order valence-electron chi connectivity index (χ2n) is 5.60. The number of nitriles is 1. The second-order valence-corrected chi connectivity index (χ2v) is 7.86. The summed E-state index contributed by atoms with van der Waals surface area (Å²) >= 11 is 3.32. The minimum absolute atomic E-state index is 0.720. The number of nitrogens with zero attached hydrogens (tertiary/aromatic N) is 1. The molecule has 0 aromatic heterocycles. The smallest absolute Gasteiger partial charge is 0.100 e. The highest BCUT2D eigenvalue weighted by molar-refractivity contribution is 7.99. The van der Waals surface area contributed by atoms with E-state index >= 15 is 0 Å². The summed E-state index contributed by atoms with van der Waals surface area (Å²) in [5.41, 5.74) is 3.21. The minimum Gasteiger partial charge on any atom is -0.192 e. The Labute approximate surface area is 151 Å². The Morgan fingerprint density at radius 3 is 1.71 bits per heavy atom. The van der Waals surface area contributed by atoms with Gasteiger partial charge in [-0.1, -0.05) is 58.9 Å². The summed E-state index contributed by atoms with van der Waals surface area (Å²) in [6, 6.07) is 25.2. The zero-order valence-electron chi connectivity index (χ0n) is 13.6. The molecule has 0 spiro atoms. The van der Waals surface area contributed by atoms with E-state index in [1.807, 2.05) is 12.1 Å². The average molecular weight is 348 g/mol. The van der Waals surface area contributed by atoms with Crippen LogP contribution in [0, 0.1) is 25.2 Å². The number of rotatable bonds is 4. The molecule has 0 fully saturated rings. The van der Waals surface area contributed by atoms with E-state index in [9.17, 15) is 5.26 Å². The lowest BCUT2D eigenvalue weighted by Gasteiger charge is -2.07. The van der Waals surface area contributed by atoms with Crippen molar-refractivity contribution < 1.29 is 0 Å². The first-order valence-corrected chi connectivity index (χ1v) is 9.30. The number of hydrogen-bond donors (Lipinski definition) is 0. The van der Waals surface area contributed by atoms with Crippen LogP contribution in [-0.2, 0) is 0 Å². The second kappa shape index (κ2) is 7.61. The van der Waals surface area contributed by atoms with E-state index in [1.54, 1.807) is 23.5 Å². The molecular weight excluding hydrogens is 330 g/mol. The number of benzene rings is 3. The summed E-state index contributed by atoms with van der Waals surface area (Å²) in [6.45, 7) is 4.16. The molecule has 0 amide bonds. The van der Waals surface area contributed by atoms with E-state index in [2.05, 4.69) is 74.5 Å². The quantitative estimate of drug-likeness (QED) is 0.540. The molecule has 0 atom stereocenters. The molecule has 0 heterocycles. The molecule has 0 aliphatic carbocycles. The SMILES string of the molecule is Cc1ccc(Sc2ccc(Sc3ccc(C)cc3)c(C#N)c2)cc1. The Bertz CT molecular complexity index is 875. The van der Waals surface area contributed by atoms with Gasteiger partial charge >= 0.3 is 0 Å². The van der Waals surface area contributed by atoms with E-state index in [1.165, 1.54) is 16.0 Å². The van der Waals surface area contributed by atoms with E-state index in [4.69, 9.17) is 0 Å². The first-order valence-electron chi connectivity index (χ1n) is 7.67. The molecule has 24 heavy (non-hydrogen) atoms. The van der Waals surface area contributed by atoms with Crippen LogP contribution < -0.4 is 0 Å². The van der Waals surface area contributed by atoms with Crippen molar-refractivity contribution >= 4 is 23.5 Å². The van der Waals surface area contributed by atoms with E-state index < -0.39 is 0 Å². The zero-order valence-corrected chi connectivity index (χ0v) is 15.2. The van der Waals surface area contributed by atoms with Crippen molar-refractivity contribution in [3.8, 4) is 6.07 Å². The summed E-state index contributed by atoms with van der Waals surface area (Å²) in [7, 11) is 0. The summed E-state index contributed by atoms with van der Waals surface area (Å²) in [4.78, 5) is 4.41. The predicted molar refractivity (Wildman–Crippen MR) is 102 cm³/mol. The summed E-state index contributed by atoms with van der Waals surface area (Å²) in [5, 5.41) is 9.49. The zero-order chi connectivity index (χ0) is 16.9. The molecule has 3 heteroatoms. The van der Waals surface area contributed by atoms with Gasteiger partial charge in [0.05, 0.1) is 5.56 Å². The maximum absolute atomic E-state index is 9.49. The van der Waals surface area contributed by atoms with Crippen LogP contribution in [-0.4, -0.2) is 0 Å². The molecule has 3 rings (SSSR count). The summed E-state index contributed by atoms with van der Waals surface area (Å²) in [6.07, 6.45) is 0. The average Bonchev–Trinajstić information content (AvgIpc) is 2.60. The van der Waals surface area contributed by atoms with Gasteiger partial charge in [0.15, 0.2) is 0 Å². The van der Waals surface area contributed by atoms with Crippen molar-refractivity contribution in [2.45, 2.75) is 33.4 Å². The van der Waals surface area contributed by atoms with E-state index in [0.717, 1.165) is 20.2 Å². The van der Waals surface area contributed by atoms with Crippen LogP contribution in [0.2, 0.25) is 0 Å². The fraction of sp³-hybridized carbons (Fsp3) is 0.0952. The van der Waals surface area contributed by atoms with Crippen molar-refractivity contribution in [2.24, 2.45) is 0 Å². The van der Waals surface area contributed by atoms with Crippen LogP contribution in [0.1, 0.15) is 16.7 Å². The van der Waals surface area contributed by atoms with Crippen LogP contribution in [0.25, 0.3) is 0 Å². The maximum atomic E-state index is 9.49. The molecule has 0 aliphatic heterocycles. The van der Waals surface area contributed by atoms with Crippen molar-refractivity contribution in [1.82, 2.24) is 0 Å². The van der Waals surface area contributed by atoms with E-state index in [-0.39, 0.29) is 0 Å². The van der Waals surface area contributed by atoms with Gasteiger partial charge in [-0.2, -0.15) is 5.26 Å². The molecule has 0 saturated carbocycles. The van der Waals surface area contributed by atoms with Gasteiger partial charge in [0, 0.05) is 19.6 Å². The van der Waals surface area contributed by atoms with Crippen LogP contribution in [0.15, 0.2) is 86.3 Å². The molecule has 3 aromatic carbocycles. The number of hydrogen-bond acceptors (Lipinski definition) is 3.